The topological polar surface area (TPSA) is 50.1 Å². The first-order chi connectivity index (χ1) is 7.24. The number of nitriles is 1. The molecule has 0 saturated heterocycles. The number of benzene rings is 1. The Balaban J connectivity index is 0.000000337. The SMILES string of the molecule is C#CI1OC(=O)c2ccccc21.CC#N. The maximum Gasteiger partial charge on any atom is 0.0587 e. The Morgan fingerprint density at radius 1 is 1.47 bits per heavy atom. The summed E-state index contributed by atoms with van der Waals surface area (Å²) in [7, 11) is 0. The standard InChI is InChI=1S/C9H5IO2.C2H3N/c1-2-10-8-6-4-3-5-7(8)9(11)12-10;1-2-3/h1,3-6H;1H3. The van der Waals surface area contributed by atoms with E-state index in [4.69, 9.17) is 14.8 Å². The van der Waals surface area contributed by atoms with Crippen LogP contribution in [0.4, 0.5) is 0 Å². The first-order valence-electron chi connectivity index (χ1n) is 4.03. The van der Waals surface area contributed by atoms with Gasteiger partial charge in [-0.2, -0.15) is 5.26 Å². The van der Waals surface area contributed by atoms with Crippen molar-refractivity contribution in [3.05, 3.63) is 33.4 Å². The second-order valence-electron chi connectivity index (χ2n) is 2.43. The number of nitrogens with zero attached hydrogens (tertiary/aromatic N) is 1. The fourth-order valence-electron chi connectivity index (χ4n) is 1.01. The van der Waals surface area contributed by atoms with Crippen LogP contribution in [0.1, 0.15) is 17.3 Å². The molecule has 1 aromatic rings. The van der Waals surface area contributed by atoms with E-state index < -0.39 is 20.2 Å². The summed E-state index contributed by atoms with van der Waals surface area (Å²) in [6.07, 6.45) is 5.25. The Hall–Kier alpha value is -1.53. The van der Waals surface area contributed by atoms with Gasteiger partial charge in [0.25, 0.3) is 0 Å². The van der Waals surface area contributed by atoms with Crippen LogP contribution in [-0.4, -0.2) is 5.97 Å². The van der Waals surface area contributed by atoms with Crippen molar-refractivity contribution in [1.82, 2.24) is 0 Å². The van der Waals surface area contributed by atoms with Crippen LogP contribution in [0.3, 0.4) is 0 Å². The molecule has 0 bridgehead atoms. The maximum absolute atomic E-state index is 11.2. The summed E-state index contributed by atoms with van der Waals surface area (Å²) in [5.74, 6) is -0.256. The molecule has 3 nitrogen and oxygen atoms in total. The third-order valence-electron chi connectivity index (χ3n) is 1.53. The van der Waals surface area contributed by atoms with E-state index in [1.807, 2.05) is 18.2 Å². The average molecular weight is 313 g/mol. The van der Waals surface area contributed by atoms with Gasteiger partial charge >= 0.3 is 77.8 Å². The van der Waals surface area contributed by atoms with E-state index in [2.05, 4.69) is 3.93 Å². The van der Waals surface area contributed by atoms with Crippen LogP contribution in [0.5, 0.6) is 0 Å². The van der Waals surface area contributed by atoms with Gasteiger partial charge in [-0.25, -0.2) is 0 Å². The quantitative estimate of drug-likeness (QED) is 0.546. The first kappa shape index (κ1) is 11.5. The van der Waals surface area contributed by atoms with Crippen LogP contribution in [0.2, 0.25) is 0 Å². The Morgan fingerprint density at radius 3 is 2.67 bits per heavy atom. The van der Waals surface area contributed by atoms with Gasteiger partial charge in [-0.1, -0.05) is 0 Å². The molecular weight excluding hydrogens is 305 g/mol. The van der Waals surface area contributed by atoms with E-state index in [0.29, 0.717) is 5.56 Å². The van der Waals surface area contributed by atoms with Crippen molar-refractivity contribution in [1.29, 1.82) is 5.26 Å². The third-order valence-corrected chi connectivity index (χ3v) is 4.93. The summed E-state index contributed by atoms with van der Waals surface area (Å²) < 4.78 is 8.58. The second-order valence-corrected chi connectivity index (χ2v) is 6.07. The third kappa shape index (κ3) is 2.48. The van der Waals surface area contributed by atoms with Crippen LogP contribution >= 0.6 is 20.2 Å². The molecule has 1 aromatic carbocycles. The number of carbonyl (C=O) groups excluding carboxylic acids is 1. The van der Waals surface area contributed by atoms with Gasteiger partial charge in [0.2, 0.25) is 0 Å². The predicted molar refractivity (Wildman–Crippen MR) is 64.7 cm³/mol. The summed E-state index contributed by atoms with van der Waals surface area (Å²) >= 11 is -2.01. The molecule has 0 aliphatic carbocycles. The van der Waals surface area contributed by atoms with E-state index in [9.17, 15) is 4.79 Å². The summed E-state index contributed by atoms with van der Waals surface area (Å²) in [4.78, 5) is 11.2. The van der Waals surface area contributed by atoms with E-state index >= 15 is 0 Å². The van der Waals surface area contributed by atoms with Gasteiger partial charge in [0.15, 0.2) is 0 Å². The number of fused-ring (bicyclic) bond motifs is 1. The van der Waals surface area contributed by atoms with E-state index in [1.54, 1.807) is 12.1 Å². The minimum atomic E-state index is -2.01. The molecule has 76 valence electrons. The zero-order valence-electron chi connectivity index (χ0n) is 8.03. The Morgan fingerprint density at radius 2 is 2.07 bits per heavy atom. The molecule has 1 aliphatic rings. The number of halogens is 1. The molecule has 0 N–H and O–H groups in total. The van der Waals surface area contributed by atoms with Crippen molar-refractivity contribution in [2.45, 2.75) is 6.92 Å². The molecule has 0 saturated carbocycles. The smallest absolute Gasteiger partial charge is 0.0587 e. The van der Waals surface area contributed by atoms with Crippen molar-refractivity contribution >= 4 is 26.2 Å². The van der Waals surface area contributed by atoms with Crippen LogP contribution in [0.25, 0.3) is 0 Å². The predicted octanol–water partition coefficient (Wildman–Crippen LogP) is 2.57. The van der Waals surface area contributed by atoms with E-state index in [1.165, 1.54) is 6.92 Å². The second kappa shape index (κ2) is 5.38. The van der Waals surface area contributed by atoms with Crippen molar-refractivity contribution in [3.8, 4) is 16.4 Å². The molecule has 0 spiro atoms. The number of rotatable bonds is 0. The molecule has 0 aromatic heterocycles. The van der Waals surface area contributed by atoms with Gasteiger partial charge in [-0.15, -0.1) is 0 Å². The van der Waals surface area contributed by atoms with E-state index in [-0.39, 0.29) is 5.97 Å². The maximum atomic E-state index is 11.2. The zero-order valence-corrected chi connectivity index (χ0v) is 10.2. The van der Waals surface area contributed by atoms with E-state index in [0.717, 1.165) is 3.57 Å². The van der Waals surface area contributed by atoms with Crippen molar-refractivity contribution in [2.24, 2.45) is 0 Å². The molecular formula is C11H8INO2. The summed E-state index contributed by atoms with van der Waals surface area (Å²) in [6, 6.07) is 9.08. The molecule has 1 heterocycles. The van der Waals surface area contributed by atoms with Crippen LogP contribution < -0.4 is 0 Å². The number of terminal acetylenes is 1. The monoisotopic (exact) mass is 313 g/mol. The minimum absolute atomic E-state index is 0.256. The Labute approximate surface area is 96.0 Å². The normalized spacial score (nSPS) is 13.8. The van der Waals surface area contributed by atoms with Crippen molar-refractivity contribution in [2.75, 3.05) is 0 Å². The van der Waals surface area contributed by atoms with Gasteiger partial charge in [-0.05, 0) is 0 Å². The fourth-order valence-corrected chi connectivity index (χ4v) is 3.81. The molecule has 15 heavy (non-hydrogen) atoms. The molecule has 0 unspecified atom stereocenters. The number of carbonyl (C=O) groups is 1. The van der Waals surface area contributed by atoms with Crippen molar-refractivity contribution in [3.63, 3.8) is 0 Å². The molecule has 0 atom stereocenters. The molecule has 4 heteroatoms. The fraction of sp³-hybridized carbons (Fsp3) is 0.0909. The summed E-state index contributed by atoms with van der Waals surface area (Å²) in [6.45, 7) is 1.43. The van der Waals surface area contributed by atoms with Gasteiger partial charge in [0, 0.05) is 6.92 Å². The van der Waals surface area contributed by atoms with Gasteiger partial charge in [0.05, 0.1) is 6.07 Å². The molecule has 1 aliphatic heterocycles. The van der Waals surface area contributed by atoms with Crippen LogP contribution in [0.15, 0.2) is 24.3 Å². The summed E-state index contributed by atoms with van der Waals surface area (Å²) in [5.41, 5.74) is 0.653. The average Bonchev–Trinajstić information content (AvgIpc) is 2.58. The summed E-state index contributed by atoms with van der Waals surface area (Å²) in [5, 5.41) is 7.32. The number of hydrogen-bond acceptors (Lipinski definition) is 3. The number of hydrogen-bond donors (Lipinski definition) is 0. The Bertz CT molecular complexity index is 456. The molecule has 0 amide bonds. The molecule has 0 radical (unpaired) electrons. The molecule has 2 rings (SSSR count). The minimum Gasteiger partial charge on any atom is -0.199 e. The van der Waals surface area contributed by atoms with Gasteiger partial charge in [-0.3, -0.25) is 0 Å². The zero-order chi connectivity index (χ0) is 11.3. The Kier molecular flexibility index (Phi) is 4.14. The van der Waals surface area contributed by atoms with Crippen LogP contribution in [-0.2, 0) is 3.07 Å². The van der Waals surface area contributed by atoms with Gasteiger partial charge in [0.1, 0.15) is 0 Å². The first-order valence-corrected chi connectivity index (χ1v) is 7.07. The molecule has 0 fully saturated rings. The largest absolute Gasteiger partial charge is 0.199 e. The van der Waals surface area contributed by atoms with Crippen LogP contribution in [0, 0.1) is 25.3 Å². The van der Waals surface area contributed by atoms with Gasteiger partial charge < -0.3 is 0 Å². The van der Waals surface area contributed by atoms with Crippen molar-refractivity contribution < 1.29 is 7.86 Å².